The fraction of sp³-hybridized carbons (Fsp3) is 0.182. The molecule has 4 nitrogen and oxygen atoms in total. The van der Waals surface area contributed by atoms with E-state index in [-0.39, 0.29) is 4.90 Å². The molecule has 18 heavy (non-hydrogen) atoms. The number of thiophene rings is 1. The van der Waals surface area contributed by atoms with E-state index < -0.39 is 10.0 Å². The van der Waals surface area contributed by atoms with E-state index in [0.717, 1.165) is 14.2 Å². The van der Waals surface area contributed by atoms with Gasteiger partial charge < -0.3 is 0 Å². The molecule has 2 aromatic rings. The molecule has 0 aromatic carbocycles. The van der Waals surface area contributed by atoms with E-state index in [1.165, 1.54) is 11.3 Å². The molecule has 7 heteroatoms. The molecule has 0 unspecified atom stereocenters. The van der Waals surface area contributed by atoms with Crippen molar-refractivity contribution >= 4 is 43.1 Å². The Morgan fingerprint density at radius 3 is 2.56 bits per heavy atom. The zero-order valence-corrected chi connectivity index (χ0v) is 13.0. The molecule has 0 aliphatic carbocycles. The van der Waals surface area contributed by atoms with Gasteiger partial charge in [-0.3, -0.25) is 4.72 Å². The molecule has 1 N–H and O–H groups in total. The molecular weight excluding hydrogens is 336 g/mol. The molecule has 0 atom stereocenters. The number of anilines is 1. The van der Waals surface area contributed by atoms with Gasteiger partial charge in [-0.05, 0) is 47.5 Å². The van der Waals surface area contributed by atoms with Crippen molar-refractivity contribution in [3.05, 3.63) is 38.6 Å². The normalized spacial score (nSPS) is 11.5. The fourth-order valence-electron chi connectivity index (χ4n) is 1.42. The van der Waals surface area contributed by atoms with Gasteiger partial charge in [0, 0.05) is 11.1 Å². The zero-order valence-electron chi connectivity index (χ0n) is 9.77. The minimum Gasteiger partial charge on any atom is -0.263 e. The van der Waals surface area contributed by atoms with Gasteiger partial charge in [0.05, 0.1) is 3.79 Å². The van der Waals surface area contributed by atoms with Crippen LogP contribution in [0.1, 0.15) is 10.4 Å². The third-order valence-corrected chi connectivity index (χ3v) is 5.45. The largest absolute Gasteiger partial charge is 0.264 e. The first-order valence-electron chi connectivity index (χ1n) is 5.10. The van der Waals surface area contributed by atoms with Crippen molar-refractivity contribution in [2.45, 2.75) is 18.7 Å². The lowest BCUT2D eigenvalue weighted by atomic mass is 10.3. The third kappa shape index (κ3) is 2.90. The topological polar surface area (TPSA) is 59.1 Å². The minimum absolute atomic E-state index is 0.279. The quantitative estimate of drug-likeness (QED) is 0.927. The number of aromatic nitrogens is 1. The van der Waals surface area contributed by atoms with Crippen molar-refractivity contribution in [3.63, 3.8) is 0 Å². The second-order valence-electron chi connectivity index (χ2n) is 3.80. The lowest BCUT2D eigenvalue weighted by Crippen LogP contribution is -2.14. The van der Waals surface area contributed by atoms with E-state index >= 15 is 0 Å². The van der Waals surface area contributed by atoms with E-state index in [9.17, 15) is 8.42 Å². The average molecular weight is 347 g/mol. The van der Waals surface area contributed by atoms with Crippen LogP contribution < -0.4 is 4.72 Å². The van der Waals surface area contributed by atoms with Crippen LogP contribution in [0.4, 0.5) is 5.82 Å². The molecule has 0 bridgehead atoms. The fourth-order valence-corrected chi connectivity index (χ4v) is 4.84. The summed E-state index contributed by atoms with van der Waals surface area (Å²) in [5, 5.41) is 0. The molecule has 0 fully saturated rings. The van der Waals surface area contributed by atoms with Crippen molar-refractivity contribution in [1.29, 1.82) is 0 Å². The highest BCUT2D eigenvalue weighted by molar-refractivity contribution is 9.11. The van der Waals surface area contributed by atoms with Crippen LogP contribution in [0, 0.1) is 13.8 Å². The van der Waals surface area contributed by atoms with Crippen LogP contribution in [0.3, 0.4) is 0 Å². The molecule has 96 valence electrons. The van der Waals surface area contributed by atoms with Gasteiger partial charge in [-0.15, -0.1) is 11.3 Å². The van der Waals surface area contributed by atoms with Gasteiger partial charge in [0.1, 0.15) is 10.7 Å². The molecule has 2 heterocycles. The smallest absolute Gasteiger partial charge is 0.263 e. The Morgan fingerprint density at radius 1 is 1.33 bits per heavy atom. The van der Waals surface area contributed by atoms with Crippen LogP contribution in [-0.2, 0) is 10.0 Å². The van der Waals surface area contributed by atoms with Crippen LogP contribution in [0.25, 0.3) is 0 Å². The number of sulfonamides is 1. The van der Waals surface area contributed by atoms with E-state index in [4.69, 9.17) is 0 Å². The van der Waals surface area contributed by atoms with E-state index in [1.54, 1.807) is 31.3 Å². The number of pyridine rings is 1. The van der Waals surface area contributed by atoms with E-state index in [2.05, 4.69) is 25.6 Å². The Kier molecular flexibility index (Phi) is 3.74. The summed E-state index contributed by atoms with van der Waals surface area (Å²) in [7, 11) is -3.57. The molecule has 2 aromatic heterocycles. The molecule has 2 rings (SSSR count). The van der Waals surface area contributed by atoms with E-state index in [1.807, 2.05) is 6.92 Å². The SMILES string of the molecule is Cc1ccc(NS(=O)(=O)c2cc(Br)sc2C)nc1. The van der Waals surface area contributed by atoms with E-state index in [0.29, 0.717) is 5.82 Å². The average Bonchev–Trinajstić information content (AvgIpc) is 2.62. The first-order chi connectivity index (χ1) is 8.38. The Balaban J connectivity index is 2.33. The van der Waals surface area contributed by atoms with Crippen LogP contribution in [0.15, 0.2) is 33.1 Å². The van der Waals surface area contributed by atoms with Gasteiger partial charge in [0.2, 0.25) is 0 Å². The molecule has 0 aliphatic rings. The standard InChI is InChI=1S/C11H11BrN2O2S2/c1-7-3-4-11(13-6-7)14-18(15,16)9-5-10(12)17-8(9)2/h3-6H,1-2H3,(H,13,14). The Labute approximate surface area is 118 Å². The number of hydrogen-bond acceptors (Lipinski definition) is 4. The summed E-state index contributed by atoms with van der Waals surface area (Å²) >= 11 is 4.67. The van der Waals surface area contributed by atoms with Gasteiger partial charge in [-0.2, -0.15) is 0 Å². The summed E-state index contributed by atoms with van der Waals surface area (Å²) in [6.45, 7) is 3.66. The molecule has 0 amide bonds. The highest BCUT2D eigenvalue weighted by Crippen LogP contribution is 2.30. The highest BCUT2D eigenvalue weighted by Gasteiger charge is 2.19. The number of halogens is 1. The predicted octanol–water partition coefficient (Wildman–Crippen LogP) is 3.32. The second-order valence-corrected chi connectivity index (χ2v) is 8.08. The van der Waals surface area contributed by atoms with Crippen LogP contribution >= 0.6 is 27.3 Å². The minimum atomic E-state index is -3.57. The van der Waals surface area contributed by atoms with Gasteiger partial charge in [-0.1, -0.05) is 6.07 Å². The maximum atomic E-state index is 12.2. The summed E-state index contributed by atoms with van der Waals surface area (Å²) < 4.78 is 27.6. The van der Waals surface area contributed by atoms with Crippen LogP contribution in [0.2, 0.25) is 0 Å². The van der Waals surface area contributed by atoms with Crippen molar-refractivity contribution in [2.75, 3.05) is 4.72 Å². The Bertz CT molecular complexity index is 663. The molecule has 0 spiro atoms. The van der Waals surface area contributed by atoms with Gasteiger partial charge >= 0.3 is 0 Å². The first kappa shape index (κ1) is 13.5. The maximum absolute atomic E-state index is 12.2. The second kappa shape index (κ2) is 4.99. The molecule has 0 aliphatic heterocycles. The summed E-state index contributed by atoms with van der Waals surface area (Å²) in [5.74, 6) is 0.322. The Morgan fingerprint density at radius 2 is 2.06 bits per heavy atom. The number of nitrogens with one attached hydrogen (secondary N) is 1. The summed E-state index contributed by atoms with van der Waals surface area (Å²) in [6, 6.07) is 5.04. The van der Waals surface area contributed by atoms with Crippen molar-refractivity contribution in [2.24, 2.45) is 0 Å². The number of nitrogens with zero attached hydrogens (tertiary/aromatic N) is 1. The van der Waals surface area contributed by atoms with Crippen molar-refractivity contribution in [3.8, 4) is 0 Å². The zero-order chi connectivity index (χ0) is 13.3. The lowest BCUT2D eigenvalue weighted by molar-refractivity contribution is 0.601. The lowest BCUT2D eigenvalue weighted by Gasteiger charge is -2.06. The van der Waals surface area contributed by atoms with Crippen LogP contribution in [-0.4, -0.2) is 13.4 Å². The predicted molar refractivity (Wildman–Crippen MR) is 76.5 cm³/mol. The van der Waals surface area contributed by atoms with Crippen molar-refractivity contribution in [1.82, 2.24) is 4.98 Å². The molecule has 0 radical (unpaired) electrons. The monoisotopic (exact) mass is 346 g/mol. The summed E-state index contributed by atoms with van der Waals surface area (Å²) in [5.41, 5.74) is 0.979. The molecule has 0 saturated carbocycles. The summed E-state index contributed by atoms with van der Waals surface area (Å²) in [6.07, 6.45) is 1.62. The third-order valence-electron chi connectivity index (χ3n) is 2.28. The highest BCUT2D eigenvalue weighted by atomic mass is 79.9. The van der Waals surface area contributed by atoms with Gasteiger partial charge in [0.25, 0.3) is 10.0 Å². The number of aryl methyl sites for hydroxylation is 2. The first-order valence-corrected chi connectivity index (χ1v) is 8.19. The maximum Gasteiger partial charge on any atom is 0.264 e. The molecule has 0 saturated heterocycles. The van der Waals surface area contributed by atoms with Gasteiger partial charge in [0.15, 0.2) is 0 Å². The Hall–Kier alpha value is -0.920. The number of hydrogen-bond donors (Lipinski definition) is 1. The van der Waals surface area contributed by atoms with Crippen LogP contribution in [0.5, 0.6) is 0 Å². The van der Waals surface area contributed by atoms with Gasteiger partial charge in [-0.25, -0.2) is 13.4 Å². The van der Waals surface area contributed by atoms with Crippen molar-refractivity contribution < 1.29 is 8.42 Å². The number of rotatable bonds is 3. The molecular formula is C11H11BrN2O2S2. The summed E-state index contributed by atoms with van der Waals surface area (Å²) in [4.78, 5) is 5.04.